The Bertz CT molecular complexity index is 1160. The molecule has 1 aromatic carbocycles. The third-order valence-electron chi connectivity index (χ3n) is 5.71. The molecule has 0 bridgehead atoms. The summed E-state index contributed by atoms with van der Waals surface area (Å²) < 4.78 is 333. The minimum atomic E-state index is -8.90. The summed E-state index contributed by atoms with van der Waals surface area (Å²) in [5, 5.41) is 18.4. The molecule has 2 nitrogen and oxygen atoms in total. The second-order valence-corrected chi connectivity index (χ2v) is 8.58. The van der Waals surface area contributed by atoms with E-state index in [9.17, 15) is 120 Å². The van der Waals surface area contributed by atoms with E-state index in [0.717, 1.165) is 0 Å². The Morgan fingerprint density at radius 2 is 0.511 bits per heavy atom. The molecule has 2 N–H and O–H groups in total. The molecule has 264 valence electrons. The van der Waals surface area contributed by atoms with Crippen LogP contribution in [-0.4, -0.2) is 64.8 Å². The molecule has 1 rings (SSSR count). The number of benzene rings is 1. The van der Waals surface area contributed by atoms with Gasteiger partial charge >= 0.3 is 60.5 Å². The Balaban J connectivity index is 4.52. The van der Waals surface area contributed by atoms with E-state index in [1.54, 1.807) is 0 Å². The van der Waals surface area contributed by atoms with Crippen molar-refractivity contribution >= 4 is 0 Å². The zero-order chi connectivity index (χ0) is 36.9. The lowest BCUT2D eigenvalue weighted by Gasteiger charge is -2.40. The highest BCUT2D eigenvalue weighted by atomic mass is 19.4. The predicted molar refractivity (Wildman–Crippen MR) is 88.2 cm³/mol. The van der Waals surface area contributed by atoms with Gasteiger partial charge < -0.3 is 10.2 Å². The number of halogens is 25. The number of hydrogen-bond acceptors (Lipinski definition) is 2. The van der Waals surface area contributed by atoms with Gasteiger partial charge in [0.1, 0.15) is 0 Å². The molecular weight excluding hydrogens is 723 g/mol. The first-order valence-electron chi connectivity index (χ1n) is 9.90. The molecule has 0 fully saturated rings. The van der Waals surface area contributed by atoms with Crippen LogP contribution < -0.4 is 0 Å². The van der Waals surface area contributed by atoms with E-state index in [-0.39, 0.29) is 0 Å². The zero-order valence-electron chi connectivity index (χ0n) is 19.6. The Morgan fingerprint density at radius 1 is 0.289 bits per heavy atom. The fraction of sp³-hybridized carbons (Fsp3) is 0.667. The fourth-order valence-corrected chi connectivity index (χ4v) is 3.15. The second kappa shape index (κ2) is 10.2. The Kier molecular flexibility index (Phi) is 9.15. The normalized spacial score (nSPS) is 16.3. The van der Waals surface area contributed by atoms with Gasteiger partial charge in [-0.1, -0.05) is 0 Å². The summed E-state index contributed by atoms with van der Waals surface area (Å²) in [6.07, 6.45) is -38.3. The van der Waals surface area contributed by atoms with Crippen molar-refractivity contribution in [3.63, 3.8) is 0 Å². The van der Waals surface area contributed by atoms with Gasteiger partial charge in [-0.2, -0.15) is 110 Å². The highest BCUT2D eigenvalue weighted by molar-refractivity contribution is 5.43. The van der Waals surface area contributed by atoms with Crippen molar-refractivity contribution in [3.05, 3.63) is 34.9 Å². The van der Waals surface area contributed by atoms with Crippen LogP contribution in [0.15, 0.2) is 18.2 Å². The standard InChI is InChI=1S/C18H5F25O2/c19-9(20,10(21,22)11(23,24)12(25,26)13(27,28)18(41,42)43)6-2-4(7(44,14(29,30)31)15(32,33)34)1-5(3-6)8(45,16(35,36)37)17(38,39)40/h1-3,44-45H. The molecule has 0 aliphatic heterocycles. The van der Waals surface area contributed by atoms with Gasteiger partial charge in [0.15, 0.2) is 0 Å². The third-order valence-corrected chi connectivity index (χ3v) is 5.71. The molecule has 0 unspecified atom stereocenters. The lowest BCUT2D eigenvalue weighted by atomic mass is 9.81. The number of alkyl halides is 25. The average Bonchev–Trinajstić information content (AvgIpc) is 2.78. The SMILES string of the molecule is OC(c1cc(C(F)(F)C(F)(F)C(F)(F)C(F)(F)C(F)(F)C(F)(F)F)cc(C(O)(C(F)(F)F)C(F)(F)F)c1)(C(F)(F)F)C(F)(F)F. The quantitative estimate of drug-likeness (QED) is 0.277. The maximum Gasteiger partial charge on any atom is 0.460 e. The number of aliphatic hydroxyl groups is 2. The molecule has 1 aromatic rings. The van der Waals surface area contributed by atoms with Crippen molar-refractivity contribution in [2.24, 2.45) is 0 Å². The van der Waals surface area contributed by atoms with Crippen LogP contribution in [0.4, 0.5) is 110 Å². The maximum atomic E-state index is 14.6. The van der Waals surface area contributed by atoms with E-state index in [0.29, 0.717) is 0 Å². The molecule has 0 aliphatic carbocycles. The topological polar surface area (TPSA) is 40.5 Å². The molecule has 45 heavy (non-hydrogen) atoms. The van der Waals surface area contributed by atoms with Gasteiger partial charge in [0, 0.05) is 16.7 Å². The summed E-state index contributed by atoms with van der Waals surface area (Å²) in [6, 6.07) is -6.15. The number of rotatable bonds is 7. The molecule has 0 aromatic heterocycles. The minimum absolute atomic E-state index is 1.93. The molecule has 0 spiro atoms. The van der Waals surface area contributed by atoms with E-state index >= 15 is 0 Å². The molecule has 0 heterocycles. The Labute approximate surface area is 228 Å². The lowest BCUT2D eigenvalue weighted by molar-refractivity contribution is -0.441. The Morgan fingerprint density at radius 3 is 0.733 bits per heavy atom. The van der Waals surface area contributed by atoms with Crippen LogP contribution in [-0.2, 0) is 17.1 Å². The van der Waals surface area contributed by atoms with Gasteiger partial charge in [-0.25, -0.2) is 0 Å². The van der Waals surface area contributed by atoms with Gasteiger partial charge in [0.25, 0.3) is 11.2 Å². The van der Waals surface area contributed by atoms with E-state index in [1.165, 1.54) is 0 Å². The molecule has 0 radical (unpaired) electrons. The lowest BCUT2D eigenvalue weighted by Crippen LogP contribution is -2.69. The molecule has 0 atom stereocenters. The van der Waals surface area contributed by atoms with E-state index in [4.69, 9.17) is 0 Å². The van der Waals surface area contributed by atoms with Gasteiger partial charge in [0.2, 0.25) is 0 Å². The summed E-state index contributed by atoms with van der Waals surface area (Å²) in [7, 11) is 0. The first-order chi connectivity index (χ1) is 19.1. The van der Waals surface area contributed by atoms with Crippen molar-refractivity contribution in [1.82, 2.24) is 0 Å². The van der Waals surface area contributed by atoms with Gasteiger partial charge in [0.05, 0.1) is 0 Å². The highest BCUT2D eigenvalue weighted by Gasteiger charge is 2.91. The minimum Gasteiger partial charge on any atom is -0.369 e. The summed E-state index contributed by atoms with van der Waals surface area (Å²) >= 11 is 0. The smallest absolute Gasteiger partial charge is 0.369 e. The van der Waals surface area contributed by atoms with E-state index in [2.05, 4.69) is 0 Å². The Hall–Kier alpha value is -2.61. The van der Waals surface area contributed by atoms with Crippen LogP contribution in [0.25, 0.3) is 0 Å². The summed E-state index contributed by atoms with van der Waals surface area (Å²) in [5.41, 5.74) is -26.3. The van der Waals surface area contributed by atoms with Crippen LogP contribution in [0, 0.1) is 0 Å². The summed E-state index contributed by atoms with van der Waals surface area (Å²) in [5.74, 6) is -42.9. The highest BCUT2D eigenvalue weighted by Crippen LogP contribution is 2.63. The summed E-state index contributed by atoms with van der Waals surface area (Å²) in [4.78, 5) is 0. The zero-order valence-corrected chi connectivity index (χ0v) is 19.6. The van der Waals surface area contributed by atoms with Crippen molar-refractivity contribution in [2.75, 3.05) is 0 Å². The molecule has 0 saturated heterocycles. The van der Waals surface area contributed by atoms with Gasteiger partial charge in [-0.3, -0.25) is 0 Å². The van der Waals surface area contributed by atoms with Crippen LogP contribution in [0.2, 0.25) is 0 Å². The molecule has 0 aliphatic rings. The van der Waals surface area contributed by atoms with Crippen molar-refractivity contribution in [3.8, 4) is 0 Å². The summed E-state index contributed by atoms with van der Waals surface area (Å²) in [6.45, 7) is 0. The number of hydrogen-bond donors (Lipinski definition) is 2. The maximum absolute atomic E-state index is 14.6. The second-order valence-electron chi connectivity index (χ2n) is 8.58. The van der Waals surface area contributed by atoms with E-state index in [1.807, 2.05) is 0 Å². The fourth-order valence-electron chi connectivity index (χ4n) is 3.15. The van der Waals surface area contributed by atoms with Crippen LogP contribution in [0.5, 0.6) is 0 Å². The van der Waals surface area contributed by atoms with Crippen LogP contribution >= 0.6 is 0 Å². The van der Waals surface area contributed by atoms with Crippen LogP contribution in [0.1, 0.15) is 16.7 Å². The largest absolute Gasteiger partial charge is 0.460 e. The first kappa shape index (κ1) is 40.4. The third kappa shape index (κ3) is 5.47. The van der Waals surface area contributed by atoms with Gasteiger partial charge in [-0.05, 0) is 18.2 Å². The molecular formula is C18H5F25O2. The van der Waals surface area contributed by atoms with Crippen LogP contribution in [0.3, 0.4) is 0 Å². The average molecular weight is 728 g/mol. The molecule has 0 saturated carbocycles. The van der Waals surface area contributed by atoms with E-state index < -0.39 is 107 Å². The van der Waals surface area contributed by atoms with Gasteiger partial charge in [-0.15, -0.1) is 0 Å². The van der Waals surface area contributed by atoms with Crippen molar-refractivity contribution < 1.29 is 120 Å². The monoisotopic (exact) mass is 728 g/mol. The molecule has 27 heteroatoms. The predicted octanol–water partition coefficient (Wildman–Crippen LogP) is 8.51. The van der Waals surface area contributed by atoms with Crippen molar-refractivity contribution in [1.29, 1.82) is 0 Å². The van der Waals surface area contributed by atoms with Crippen molar-refractivity contribution in [2.45, 2.75) is 71.7 Å². The first-order valence-corrected chi connectivity index (χ1v) is 9.90. The molecule has 0 amide bonds.